The van der Waals surface area contributed by atoms with E-state index in [4.69, 9.17) is 4.74 Å². The molecule has 0 radical (unpaired) electrons. The molecule has 0 amide bonds. The molecule has 1 aliphatic rings. The van der Waals surface area contributed by atoms with Gasteiger partial charge in [0.1, 0.15) is 6.29 Å². The first kappa shape index (κ1) is 12.1. The molecule has 0 aliphatic carbocycles. The third-order valence-electron chi connectivity index (χ3n) is 3.29. The number of rotatable bonds is 4. The van der Waals surface area contributed by atoms with E-state index < -0.39 is 0 Å². The fraction of sp³-hybridized carbons (Fsp3) is 0.500. The topological polar surface area (TPSA) is 29.5 Å². The van der Waals surface area contributed by atoms with Crippen molar-refractivity contribution in [3.63, 3.8) is 0 Å². The number of hydrogen-bond acceptors (Lipinski definition) is 3. The number of carbonyl (C=O) groups is 1. The zero-order valence-corrected chi connectivity index (χ0v) is 10.3. The van der Waals surface area contributed by atoms with Crippen molar-refractivity contribution in [2.45, 2.75) is 19.3 Å². The van der Waals surface area contributed by atoms with E-state index in [1.165, 1.54) is 11.3 Å². The Morgan fingerprint density at radius 1 is 1.29 bits per heavy atom. The van der Waals surface area contributed by atoms with Gasteiger partial charge in [0.25, 0.3) is 0 Å². The van der Waals surface area contributed by atoms with Crippen molar-refractivity contribution < 1.29 is 9.53 Å². The number of nitrogens with zero attached hydrogens (tertiary/aromatic N) is 1. The number of carbonyl (C=O) groups excluding carboxylic acids is 1. The molecule has 1 fully saturated rings. The lowest BCUT2D eigenvalue weighted by atomic mass is 9.98. The van der Waals surface area contributed by atoms with Crippen LogP contribution < -0.4 is 4.90 Å². The molecule has 0 N–H and O–H groups in total. The highest BCUT2D eigenvalue weighted by Crippen LogP contribution is 2.22. The van der Waals surface area contributed by atoms with E-state index in [-0.39, 0.29) is 0 Å². The van der Waals surface area contributed by atoms with Gasteiger partial charge in [-0.3, -0.25) is 0 Å². The second kappa shape index (κ2) is 5.82. The Morgan fingerprint density at radius 3 is 2.53 bits per heavy atom. The zero-order chi connectivity index (χ0) is 12.1. The van der Waals surface area contributed by atoms with Crippen molar-refractivity contribution in [2.75, 3.05) is 31.2 Å². The quantitative estimate of drug-likeness (QED) is 0.747. The molecule has 1 aliphatic heterocycles. The maximum Gasteiger partial charge on any atom is 0.120 e. The smallest absolute Gasteiger partial charge is 0.120 e. The SMILES string of the molecule is CC(CC=O)c1ccc(N2CCOCC2)cc1. The van der Waals surface area contributed by atoms with E-state index in [0.29, 0.717) is 12.3 Å². The molecule has 3 heteroatoms. The Morgan fingerprint density at radius 2 is 1.94 bits per heavy atom. The molecular weight excluding hydrogens is 214 g/mol. The lowest BCUT2D eigenvalue weighted by Gasteiger charge is -2.29. The minimum Gasteiger partial charge on any atom is -0.378 e. The first-order chi connectivity index (χ1) is 8.31. The highest BCUT2D eigenvalue weighted by atomic mass is 16.5. The molecule has 1 aromatic carbocycles. The predicted molar refractivity (Wildman–Crippen MR) is 68.6 cm³/mol. The average Bonchev–Trinajstić information content (AvgIpc) is 2.40. The maximum atomic E-state index is 10.5. The summed E-state index contributed by atoms with van der Waals surface area (Å²) in [6.07, 6.45) is 1.58. The monoisotopic (exact) mass is 233 g/mol. The third-order valence-corrected chi connectivity index (χ3v) is 3.29. The van der Waals surface area contributed by atoms with Crippen LogP contribution >= 0.6 is 0 Å². The summed E-state index contributed by atoms with van der Waals surface area (Å²) < 4.78 is 5.33. The van der Waals surface area contributed by atoms with Crippen LogP contribution in [0.1, 0.15) is 24.8 Å². The van der Waals surface area contributed by atoms with E-state index in [2.05, 4.69) is 36.1 Å². The van der Waals surface area contributed by atoms with Gasteiger partial charge in [-0.05, 0) is 23.6 Å². The van der Waals surface area contributed by atoms with Crippen LogP contribution in [0.4, 0.5) is 5.69 Å². The molecule has 92 valence electrons. The maximum absolute atomic E-state index is 10.5. The van der Waals surface area contributed by atoms with E-state index >= 15 is 0 Å². The van der Waals surface area contributed by atoms with E-state index in [1.807, 2.05) is 0 Å². The minimum atomic E-state index is 0.311. The Labute approximate surface area is 102 Å². The van der Waals surface area contributed by atoms with Crippen LogP contribution in [-0.2, 0) is 9.53 Å². The van der Waals surface area contributed by atoms with Gasteiger partial charge in [-0.15, -0.1) is 0 Å². The van der Waals surface area contributed by atoms with Gasteiger partial charge in [0.05, 0.1) is 13.2 Å². The van der Waals surface area contributed by atoms with Crippen molar-refractivity contribution in [1.29, 1.82) is 0 Å². The minimum absolute atomic E-state index is 0.311. The van der Waals surface area contributed by atoms with Crippen LogP contribution in [0.5, 0.6) is 0 Å². The van der Waals surface area contributed by atoms with E-state index in [1.54, 1.807) is 0 Å². The van der Waals surface area contributed by atoms with Gasteiger partial charge >= 0.3 is 0 Å². The second-order valence-electron chi connectivity index (χ2n) is 4.49. The first-order valence-corrected chi connectivity index (χ1v) is 6.17. The number of ether oxygens (including phenoxy) is 1. The second-order valence-corrected chi connectivity index (χ2v) is 4.49. The summed E-state index contributed by atoms with van der Waals surface area (Å²) in [4.78, 5) is 12.8. The zero-order valence-electron chi connectivity index (χ0n) is 10.3. The highest BCUT2D eigenvalue weighted by Gasteiger charge is 2.11. The number of anilines is 1. The van der Waals surface area contributed by atoms with Crippen LogP contribution in [0.15, 0.2) is 24.3 Å². The summed E-state index contributed by atoms with van der Waals surface area (Å²) in [5, 5.41) is 0. The molecule has 0 bridgehead atoms. The molecule has 1 saturated heterocycles. The molecular formula is C14H19NO2. The van der Waals surface area contributed by atoms with Crippen LogP contribution in [0.25, 0.3) is 0 Å². The lowest BCUT2D eigenvalue weighted by Crippen LogP contribution is -2.36. The average molecular weight is 233 g/mol. The van der Waals surface area contributed by atoms with Crippen LogP contribution in [-0.4, -0.2) is 32.6 Å². The van der Waals surface area contributed by atoms with Crippen LogP contribution in [0.3, 0.4) is 0 Å². The third kappa shape index (κ3) is 3.07. The highest BCUT2D eigenvalue weighted by molar-refractivity contribution is 5.53. The van der Waals surface area contributed by atoms with Gasteiger partial charge < -0.3 is 14.4 Å². The summed E-state index contributed by atoms with van der Waals surface area (Å²) in [5.74, 6) is 0.311. The number of morpholine rings is 1. The number of benzene rings is 1. The van der Waals surface area contributed by atoms with Crippen molar-refractivity contribution >= 4 is 12.0 Å². The normalized spacial score (nSPS) is 17.8. The largest absolute Gasteiger partial charge is 0.378 e. The number of aldehydes is 1. The lowest BCUT2D eigenvalue weighted by molar-refractivity contribution is -0.108. The van der Waals surface area contributed by atoms with Crippen molar-refractivity contribution in [3.8, 4) is 0 Å². The van der Waals surface area contributed by atoms with Gasteiger partial charge in [-0.1, -0.05) is 19.1 Å². The summed E-state index contributed by atoms with van der Waals surface area (Å²) in [7, 11) is 0. The standard InChI is InChI=1S/C14H19NO2/c1-12(6-9-16)13-2-4-14(5-3-13)15-7-10-17-11-8-15/h2-5,9,12H,6-8,10-11H2,1H3. The summed E-state index contributed by atoms with van der Waals surface area (Å²) in [6.45, 7) is 5.62. The van der Waals surface area contributed by atoms with Gasteiger partial charge in [-0.25, -0.2) is 0 Å². The Bertz CT molecular complexity index is 355. The predicted octanol–water partition coefficient (Wildman–Crippen LogP) is 2.22. The molecule has 0 spiro atoms. The molecule has 0 aromatic heterocycles. The van der Waals surface area contributed by atoms with Crippen molar-refractivity contribution in [1.82, 2.24) is 0 Å². The molecule has 1 aromatic rings. The van der Waals surface area contributed by atoms with Gasteiger partial charge in [-0.2, -0.15) is 0 Å². The van der Waals surface area contributed by atoms with Gasteiger partial charge in [0.2, 0.25) is 0 Å². The van der Waals surface area contributed by atoms with E-state index in [9.17, 15) is 4.79 Å². The number of hydrogen-bond donors (Lipinski definition) is 0. The molecule has 1 heterocycles. The first-order valence-electron chi connectivity index (χ1n) is 6.17. The summed E-state index contributed by atoms with van der Waals surface area (Å²) >= 11 is 0. The molecule has 2 rings (SSSR count). The Hall–Kier alpha value is -1.35. The van der Waals surface area contributed by atoms with Gasteiger partial charge in [0, 0.05) is 25.2 Å². The van der Waals surface area contributed by atoms with Crippen molar-refractivity contribution in [2.24, 2.45) is 0 Å². The van der Waals surface area contributed by atoms with Crippen molar-refractivity contribution in [3.05, 3.63) is 29.8 Å². The Balaban J connectivity index is 2.03. The molecule has 17 heavy (non-hydrogen) atoms. The van der Waals surface area contributed by atoms with Gasteiger partial charge in [0.15, 0.2) is 0 Å². The fourth-order valence-corrected chi connectivity index (χ4v) is 2.12. The fourth-order valence-electron chi connectivity index (χ4n) is 2.12. The molecule has 3 nitrogen and oxygen atoms in total. The van der Waals surface area contributed by atoms with E-state index in [0.717, 1.165) is 32.6 Å². The summed E-state index contributed by atoms with van der Waals surface area (Å²) in [5.41, 5.74) is 2.48. The Kier molecular flexibility index (Phi) is 4.15. The molecule has 1 atom stereocenters. The summed E-state index contributed by atoms with van der Waals surface area (Å²) in [6, 6.07) is 8.53. The molecule has 1 unspecified atom stereocenters. The van der Waals surface area contributed by atoms with Crippen LogP contribution in [0, 0.1) is 0 Å². The van der Waals surface area contributed by atoms with Crippen LogP contribution in [0.2, 0.25) is 0 Å². The molecule has 0 saturated carbocycles.